The molecule has 0 amide bonds. The Labute approximate surface area is 106 Å². The number of rotatable bonds is 3. The van der Waals surface area contributed by atoms with Gasteiger partial charge in [0.25, 0.3) is 0 Å². The second kappa shape index (κ2) is 4.23. The van der Waals surface area contributed by atoms with Gasteiger partial charge in [-0.3, -0.25) is 4.57 Å². The lowest BCUT2D eigenvalue weighted by molar-refractivity contribution is 0.371. The minimum Gasteiger partial charge on any atom is -0.324 e. The van der Waals surface area contributed by atoms with Gasteiger partial charge in [0.05, 0.1) is 6.16 Å². The number of nitrogens with one attached hydrogen (secondary N) is 1. The molecular formula is C9H9N6O3P. The number of hydrogen-bond donors (Lipinski definition) is 3. The van der Waals surface area contributed by atoms with Crippen molar-refractivity contribution in [2.75, 3.05) is 0 Å². The van der Waals surface area contributed by atoms with E-state index in [0.717, 1.165) is 0 Å². The number of fused-ring (bicyclic) bond motifs is 1. The zero-order chi connectivity index (χ0) is 13.5. The molecule has 0 saturated heterocycles. The van der Waals surface area contributed by atoms with E-state index in [2.05, 4.69) is 25.6 Å². The van der Waals surface area contributed by atoms with E-state index in [1.165, 1.54) is 0 Å². The summed E-state index contributed by atoms with van der Waals surface area (Å²) in [5.74, 6) is 0.325. The van der Waals surface area contributed by atoms with Crippen LogP contribution in [0.25, 0.3) is 17.2 Å². The summed E-state index contributed by atoms with van der Waals surface area (Å²) in [5, 5.41) is 13.4. The normalized spacial score (nSPS) is 12.1. The average molecular weight is 280 g/mol. The Morgan fingerprint density at radius 3 is 2.89 bits per heavy atom. The number of tetrazole rings is 1. The molecular weight excluding hydrogens is 271 g/mol. The predicted octanol–water partition coefficient (Wildman–Crippen LogP) is 0.192. The van der Waals surface area contributed by atoms with Crippen LogP contribution in [0.1, 0.15) is 5.69 Å². The quantitative estimate of drug-likeness (QED) is 0.584. The molecule has 98 valence electrons. The van der Waals surface area contributed by atoms with Crippen molar-refractivity contribution in [3.05, 3.63) is 30.1 Å². The fraction of sp³-hybridized carbons (Fsp3) is 0.111. The second-order valence-electron chi connectivity index (χ2n) is 3.93. The third-order valence-electron chi connectivity index (χ3n) is 2.52. The van der Waals surface area contributed by atoms with Crippen molar-refractivity contribution in [1.82, 2.24) is 30.0 Å². The van der Waals surface area contributed by atoms with Crippen LogP contribution in [0.4, 0.5) is 0 Å². The summed E-state index contributed by atoms with van der Waals surface area (Å²) in [6.45, 7) is 0. The van der Waals surface area contributed by atoms with Crippen LogP contribution in [0.5, 0.6) is 0 Å². The lowest BCUT2D eigenvalue weighted by Crippen LogP contribution is -1.96. The molecule has 3 N–H and O–H groups in total. The molecule has 0 fully saturated rings. The van der Waals surface area contributed by atoms with Gasteiger partial charge in [0.2, 0.25) is 5.82 Å². The topological polar surface area (TPSA) is 129 Å². The zero-order valence-electron chi connectivity index (χ0n) is 9.50. The molecule has 3 rings (SSSR count). The van der Waals surface area contributed by atoms with Gasteiger partial charge in [0.1, 0.15) is 11.3 Å². The number of H-pyrrole nitrogens is 1. The largest absolute Gasteiger partial charge is 0.331 e. The molecule has 10 heteroatoms. The van der Waals surface area contributed by atoms with Gasteiger partial charge in [-0.25, -0.2) is 4.98 Å². The summed E-state index contributed by atoms with van der Waals surface area (Å²) in [7, 11) is -4.14. The summed E-state index contributed by atoms with van der Waals surface area (Å²) >= 11 is 0. The van der Waals surface area contributed by atoms with E-state index >= 15 is 0 Å². The molecule has 3 aromatic rings. The SMILES string of the molecule is O=P(O)(O)Cc1cccc2nc(-c3nn[nH]n3)cn12. The molecule has 0 saturated carbocycles. The van der Waals surface area contributed by atoms with Crippen LogP contribution in [0, 0.1) is 0 Å². The number of aromatic nitrogens is 6. The monoisotopic (exact) mass is 280 g/mol. The maximum absolute atomic E-state index is 11.1. The van der Waals surface area contributed by atoms with Crippen molar-refractivity contribution in [3.8, 4) is 11.5 Å². The Hall–Kier alpha value is -2.09. The minimum atomic E-state index is -4.14. The smallest absolute Gasteiger partial charge is 0.324 e. The number of pyridine rings is 1. The number of aromatic amines is 1. The molecule has 0 unspecified atom stereocenters. The van der Waals surface area contributed by atoms with Crippen LogP contribution in [-0.4, -0.2) is 39.8 Å². The lowest BCUT2D eigenvalue weighted by Gasteiger charge is -2.06. The maximum atomic E-state index is 11.1. The van der Waals surface area contributed by atoms with E-state index in [4.69, 9.17) is 9.79 Å². The Balaban J connectivity index is 2.13. The highest BCUT2D eigenvalue weighted by molar-refractivity contribution is 7.50. The molecule has 0 spiro atoms. The summed E-state index contributed by atoms with van der Waals surface area (Å²) in [5.41, 5.74) is 1.51. The summed E-state index contributed by atoms with van der Waals surface area (Å²) < 4.78 is 12.7. The first kappa shape index (κ1) is 12.0. The number of imidazole rings is 1. The van der Waals surface area contributed by atoms with E-state index in [1.54, 1.807) is 28.8 Å². The first-order chi connectivity index (χ1) is 9.03. The maximum Gasteiger partial charge on any atom is 0.331 e. The third-order valence-corrected chi connectivity index (χ3v) is 3.25. The Bertz CT molecular complexity index is 761. The van der Waals surface area contributed by atoms with Crippen molar-refractivity contribution in [2.24, 2.45) is 0 Å². The highest BCUT2D eigenvalue weighted by Crippen LogP contribution is 2.39. The van der Waals surface area contributed by atoms with E-state index in [9.17, 15) is 4.57 Å². The first-order valence-electron chi connectivity index (χ1n) is 5.28. The van der Waals surface area contributed by atoms with Crippen molar-refractivity contribution in [2.45, 2.75) is 6.16 Å². The van der Waals surface area contributed by atoms with Gasteiger partial charge < -0.3 is 14.2 Å². The molecule has 0 aliphatic heterocycles. The van der Waals surface area contributed by atoms with E-state index < -0.39 is 7.60 Å². The van der Waals surface area contributed by atoms with Crippen molar-refractivity contribution in [3.63, 3.8) is 0 Å². The molecule has 19 heavy (non-hydrogen) atoms. The standard InChI is InChI=1S/C9H9N6O3P/c16-19(17,18)5-6-2-1-3-8-10-7(4-15(6)8)9-11-13-14-12-9/h1-4H,5H2,(H2,16,17,18)(H,11,12,13,14). The van der Waals surface area contributed by atoms with Gasteiger partial charge in [-0.1, -0.05) is 6.07 Å². The highest BCUT2D eigenvalue weighted by atomic mass is 31.2. The lowest BCUT2D eigenvalue weighted by atomic mass is 10.4. The van der Waals surface area contributed by atoms with E-state index in [-0.39, 0.29) is 6.16 Å². The van der Waals surface area contributed by atoms with Crippen molar-refractivity contribution in [1.29, 1.82) is 0 Å². The summed E-state index contributed by atoms with van der Waals surface area (Å²) in [6.07, 6.45) is 1.26. The molecule has 0 aromatic carbocycles. The fourth-order valence-corrected chi connectivity index (χ4v) is 2.47. The Morgan fingerprint density at radius 2 is 2.21 bits per heavy atom. The van der Waals surface area contributed by atoms with Crippen LogP contribution in [0.15, 0.2) is 24.4 Å². The van der Waals surface area contributed by atoms with Crippen LogP contribution >= 0.6 is 7.60 Å². The van der Waals surface area contributed by atoms with Gasteiger partial charge in [-0.15, -0.1) is 10.2 Å². The number of hydrogen-bond acceptors (Lipinski definition) is 5. The van der Waals surface area contributed by atoms with Gasteiger partial charge in [0.15, 0.2) is 0 Å². The molecule has 3 aromatic heterocycles. The van der Waals surface area contributed by atoms with Gasteiger partial charge in [0, 0.05) is 11.9 Å². The van der Waals surface area contributed by atoms with Gasteiger partial charge >= 0.3 is 7.60 Å². The van der Waals surface area contributed by atoms with Gasteiger partial charge in [-0.2, -0.15) is 5.21 Å². The van der Waals surface area contributed by atoms with Crippen LogP contribution in [-0.2, 0) is 10.7 Å². The van der Waals surface area contributed by atoms with Crippen LogP contribution in [0.2, 0.25) is 0 Å². The van der Waals surface area contributed by atoms with Gasteiger partial charge in [-0.05, 0) is 17.3 Å². The van der Waals surface area contributed by atoms with Crippen molar-refractivity contribution < 1.29 is 14.4 Å². The average Bonchev–Trinajstić information content (AvgIpc) is 2.95. The molecule has 3 heterocycles. The molecule has 0 atom stereocenters. The highest BCUT2D eigenvalue weighted by Gasteiger charge is 2.17. The third kappa shape index (κ3) is 2.39. The molecule has 9 nitrogen and oxygen atoms in total. The Kier molecular flexibility index (Phi) is 2.67. The molecule has 0 aliphatic carbocycles. The van der Waals surface area contributed by atoms with E-state index in [0.29, 0.717) is 22.9 Å². The first-order valence-corrected chi connectivity index (χ1v) is 7.08. The fourth-order valence-electron chi connectivity index (χ4n) is 1.79. The molecule has 0 aliphatic rings. The molecule has 0 bridgehead atoms. The second-order valence-corrected chi connectivity index (χ2v) is 5.58. The van der Waals surface area contributed by atoms with Crippen LogP contribution < -0.4 is 0 Å². The zero-order valence-corrected chi connectivity index (χ0v) is 10.4. The summed E-state index contributed by atoms with van der Waals surface area (Å²) in [4.78, 5) is 22.4. The minimum absolute atomic E-state index is 0.325. The van der Waals surface area contributed by atoms with Crippen molar-refractivity contribution >= 4 is 13.2 Å². The molecule has 0 radical (unpaired) electrons. The number of nitrogens with zero attached hydrogens (tertiary/aromatic N) is 5. The Morgan fingerprint density at radius 1 is 1.37 bits per heavy atom. The summed E-state index contributed by atoms with van der Waals surface area (Å²) in [6, 6.07) is 5.05. The predicted molar refractivity (Wildman–Crippen MR) is 64.1 cm³/mol. The van der Waals surface area contributed by atoms with E-state index in [1.807, 2.05) is 0 Å². The van der Waals surface area contributed by atoms with Crippen LogP contribution in [0.3, 0.4) is 0 Å².